The van der Waals surface area contributed by atoms with E-state index >= 15 is 0 Å². The molecule has 0 heterocycles. The largest absolute Gasteiger partial charge is 0.381 e. The summed E-state index contributed by atoms with van der Waals surface area (Å²) in [4.78, 5) is 23.6. The summed E-state index contributed by atoms with van der Waals surface area (Å²) < 4.78 is 11.0. The molecule has 1 aliphatic carbocycles. The SMILES string of the molecule is CCC(=O)C1CCC(NC(=O)CCOCCCOCC(C)C)CC1. The number of rotatable bonds is 12. The number of nitrogens with one attached hydrogen (secondary N) is 1. The van der Waals surface area contributed by atoms with E-state index in [0.717, 1.165) is 38.7 Å². The Balaban J connectivity index is 1.98. The second-order valence-electron chi connectivity index (χ2n) is 7.12. The molecule has 0 bridgehead atoms. The molecule has 140 valence electrons. The molecule has 1 rings (SSSR count). The zero-order valence-electron chi connectivity index (χ0n) is 15.6. The van der Waals surface area contributed by atoms with Crippen molar-refractivity contribution in [2.24, 2.45) is 11.8 Å². The summed E-state index contributed by atoms with van der Waals surface area (Å²) >= 11 is 0. The summed E-state index contributed by atoms with van der Waals surface area (Å²) in [5.41, 5.74) is 0. The molecule has 0 radical (unpaired) electrons. The molecule has 0 aromatic rings. The van der Waals surface area contributed by atoms with E-state index in [9.17, 15) is 9.59 Å². The second kappa shape index (κ2) is 12.4. The zero-order chi connectivity index (χ0) is 17.8. The number of carbonyl (C=O) groups is 2. The van der Waals surface area contributed by atoms with E-state index < -0.39 is 0 Å². The van der Waals surface area contributed by atoms with Crippen LogP contribution in [0.3, 0.4) is 0 Å². The predicted molar refractivity (Wildman–Crippen MR) is 94.9 cm³/mol. The van der Waals surface area contributed by atoms with E-state index in [1.807, 2.05) is 6.92 Å². The molecule has 5 nitrogen and oxygen atoms in total. The smallest absolute Gasteiger partial charge is 0.222 e. The zero-order valence-corrected chi connectivity index (χ0v) is 15.6. The van der Waals surface area contributed by atoms with Gasteiger partial charge in [-0.3, -0.25) is 9.59 Å². The van der Waals surface area contributed by atoms with Crippen LogP contribution in [0.2, 0.25) is 0 Å². The summed E-state index contributed by atoms with van der Waals surface area (Å²) in [6.07, 6.45) is 5.54. The molecule has 24 heavy (non-hydrogen) atoms. The predicted octanol–water partition coefficient (Wildman–Crippen LogP) is 3.11. The Morgan fingerprint density at radius 3 is 2.33 bits per heavy atom. The molecule has 0 spiro atoms. The van der Waals surface area contributed by atoms with Gasteiger partial charge in [0.25, 0.3) is 0 Å². The maximum atomic E-state index is 11.9. The van der Waals surface area contributed by atoms with Crippen molar-refractivity contribution in [1.82, 2.24) is 5.32 Å². The molecule has 1 fully saturated rings. The monoisotopic (exact) mass is 341 g/mol. The van der Waals surface area contributed by atoms with Crippen LogP contribution in [0.1, 0.15) is 65.7 Å². The lowest BCUT2D eigenvalue weighted by Crippen LogP contribution is -2.39. The molecule has 5 heteroatoms. The van der Waals surface area contributed by atoms with Gasteiger partial charge in [0.2, 0.25) is 5.91 Å². The van der Waals surface area contributed by atoms with Gasteiger partial charge in [-0.15, -0.1) is 0 Å². The Hall–Kier alpha value is -0.940. The van der Waals surface area contributed by atoms with Crippen LogP contribution in [0.4, 0.5) is 0 Å². The summed E-state index contributed by atoms with van der Waals surface area (Å²) in [5.74, 6) is 1.19. The quantitative estimate of drug-likeness (QED) is 0.554. The van der Waals surface area contributed by atoms with Gasteiger partial charge in [-0.2, -0.15) is 0 Å². The van der Waals surface area contributed by atoms with E-state index in [-0.39, 0.29) is 17.9 Å². The number of hydrogen-bond acceptors (Lipinski definition) is 4. The van der Waals surface area contributed by atoms with E-state index in [1.165, 1.54) is 0 Å². The lowest BCUT2D eigenvalue weighted by Gasteiger charge is -2.28. The molecule has 0 saturated heterocycles. The van der Waals surface area contributed by atoms with Crippen LogP contribution in [0, 0.1) is 11.8 Å². The van der Waals surface area contributed by atoms with Crippen LogP contribution in [-0.2, 0) is 19.1 Å². The lowest BCUT2D eigenvalue weighted by molar-refractivity contribution is -0.124. The Kier molecular flexibility index (Phi) is 10.9. The highest BCUT2D eigenvalue weighted by Crippen LogP contribution is 2.25. The normalized spacial score (nSPS) is 21.0. The van der Waals surface area contributed by atoms with Gasteiger partial charge < -0.3 is 14.8 Å². The Bertz CT molecular complexity index is 362. The number of Topliss-reactive ketones (excluding diaryl/α,β-unsaturated/α-hetero) is 1. The number of ether oxygens (including phenoxy) is 2. The van der Waals surface area contributed by atoms with Crippen molar-refractivity contribution in [3.8, 4) is 0 Å². The minimum Gasteiger partial charge on any atom is -0.381 e. The fourth-order valence-corrected chi connectivity index (χ4v) is 3.00. The number of amides is 1. The second-order valence-corrected chi connectivity index (χ2v) is 7.12. The van der Waals surface area contributed by atoms with Crippen LogP contribution in [-0.4, -0.2) is 44.2 Å². The van der Waals surface area contributed by atoms with Gasteiger partial charge in [0.15, 0.2) is 0 Å². The Morgan fingerprint density at radius 2 is 1.71 bits per heavy atom. The number of ketones is 1. The van der Waals surface area contributed by atoms with Gasteiger partial charge in [-0.25, -0.2) is 0 Å². The summed E-state index contributed by atoms with van der Waals surface area (Å²) in [6, 6.07) is 0.225. The first-order chi connectivity index (χ1) is 11.5. The molecule has 0 aliphatic heterocycles. The molecule has 1 aliphatic rings. The third-order valence-electron chi connectivity index (χ3n) is 4.40. The number of carbonyl (C=O) groups excluding carboxylic acids is 2. The topological polar surface area (TPSA) is 64.6 Å². The van der Waals surface area contributed by atoms with Crippen LogP contribution in [0.25, 0.3) is 0 Å². The van der Waals surface area contributed by atoms with Crippen molar-refractivity contribution < 1.29 is 19.1 Å². The van der Waals surface area contributed by atoms with Crippen molar-refractivity contribution in [3.05, 3.63) is 0 Å². The maximum Gasteiger partial charge on any atom is 0.222 e. The Morgan fingerprint density at radius 1 is 1.04 bits per heavy atom. The van der Waals surface area contributed by atoms with Crippen LogP contribution < -0.4 is 5.32 Å². The molecule has 1 amide bonds. The standard InChI is InChI=1S/C19H35NO4/c1-4-18(21)16-6-8-17(9-7-16)20-19(22)10-13-23-11-5-12-24-14-15(2)3/h15-17H,4-14H2,1-3H3,(H,20,22). The van der Waals surface area contributed by atoms with Crippen molar-refractivity contribution in [1.29, 1.82) is 0 Å². The molecule has 0 unspecified atom stereocenters. The van der Waals surface area contributed by atoms with Gasteiger partial charge in [0.1, 0.15) is 5.78 Å². The molecule has 0 aromatic carbocycles. The van der Waals surface area contributed by atoms with E-state index in [2.05, 4.69) is 19.2 Å². The van der Waals surface area contributed by atoms with E-state index in [1.54, 1.807) is 0 Å². The molecule has 0 aromatic heterocycles. The van der Waals surface area contributed by atoms with Gasteiger partial charge in [-0.05, 0) is 38.0 Å². The fourth-order valence-electron chi connectivity index (χ4n) is 3.00. The van der Waals surface area contributed by atoms with Crippen molar-refractivity contribution in [3.63, 3.8) is 0 Å². The van der Waals surface area contributed by atoms with Crippen molar-refractivity contribution in [2.75, 3.05) is 26.4 Å². The summed E-state index contributed by atoms with van der Waals surface area (Å²) in [5, 5.41) is 3.07. The van der Waals surface area contributed by atoms with E-state index in [4.69, 9.17) is 9.47 Å². The minimum absolute atomic E-state index is 0.0522. The first-order valence-corrected chi connectivity index (χ1v) is 9.50. The van der Waals surface area contributed by atoms with Gasteiger partial charge in [-0.1, -0.05) is 20.8 Å². The average molecular weight is 341 g/mol. The molecule has 1 N–H and O–H groups in total. The highest BCUT2D eigenvalue weighted by Gasteiger charge is 2.25. The lowest BCUT2D eigenvalue weighted by atomic mass is 9.83. The van der Waals surface area contributed by atoms with Gasteiger partial charge >= 0.3 is 0 Å². The fraction of sp³-hybridized carbons (Fsp3) is 0.895. The average Bonchev–Trinajstić information content (AvgIpc) is 2.57. The first-order valence-electron chi connectivity index (χ1n) is 9.50. The van der Waals surface area contributed by atoms with E-state index in [0.29, 0.717) is 44.4 Å². The molecular formula is C19H35NO4. The van der Waals surface area contributed by atoms with Gasteiger partial charge in [0.05, 0.1) is 6.61 Å². The summed E-state index contributed by atoms with van der Waals surface area (Å²) in [6.45, 7) is 8.77. The minimum atomic E-state index is 0.0522. The van der Waals surface area contributed by atoms with Crippen LogP contribution in [0.15, 0.2) is 0 Å². The van der Waals surface area contributed by atoms with Crippen LogP contribution in [0.5, 0.6) is 0 Å². The molecule has 1 saturated carbocycles. The van der Waals surface area contributed by atoms with Crippen molar-refractivity contribution >= 4 is 11.7 Å². The first kappa shape index (κ1) is 21.1. The maximum absolute atomic E-state index is 11.9. The Labute approximate surface area is 146 Å². The summed E-state index contributed by atoms with van der Waals surface area (Å²) in [7, 11) is 0. The molecule has 0 atom stereocenters. The highest BCUT2D eigenvalue weighted by atomic mass is 16.5. The van der Waals surface area contributed by atoms with Gasteiger partial charge in [0, 0.05) is 44.6 Å². The molecular weight excluding hydrogens is 306 g/mol. The number of hydrogen-bond donors (Lipinski definition) is 1. The van der Waals surface area contributed by atoms with Crippen molar-refractivity contribution in [2.45, 2.75) is 71.8 Å². The van der Waals surface area contributed by atoms with Crippen LogP contribution >= 0.6 is 0 Å². The highest BCUT2D eigenvalue weighted by molar-refractivity contribution is 5.80. The third-order valence-corrected chi connectivity index (χ3v) is 4.40. The third kappa shape index (κ3) is 9.38.